The van der Waals surface area contributed by atoms with Crippen LogP contribution in [0, 0.1) is 0 Å². The highest BCUT2D eigenvalue weighted by molar-refractivity contribution is 5.85. The molecule has 1 aromatic heterocycles. The van der Waals surface area contributed by atoms with Gasteiger partial charge in [0.05, 0.1) is 0 Å². The molecule has 2 N–H and O–H groups in total. The van der Waals surface area contributed by atoms with E-state index in [0.29, 0.717) is 12.4 Å². The predicted molar refractivity (Wildman–Crippen MR) is 80.7 cm³/mol. The normalized spacial score (nSPS) is 16.9. The van der Waals surface area contributed by atoms with Crippen molar-refractivity contribution in [2.24, 2.45) is 5.73 Å². The number of benzene rings is 1. The van der Waals surface area contributed by atoms with Gasteiger partial charge in [0.15, 0.2) is 0 Å². The molecule has 0 saturated heterocycles. The second-order valence-corrected chi connectivity index (χ2v) is 5.59. The fourth-order valence-corrected chi connectivity index (χ4v) is 2.74. The number of hydrogen-bond donors (Lipinski definition) is 1. The Labute approximate surface area is 125 Å². The molecule has 4 nitrogen and oxygen atoms in total. The van der Waals surface area contributed by atoms with Crippen molar-refractivity contribution in [2.75, 3.05) is 0 Å². The zero-order chi connectivity index (χ0) is 13.3. The average molecular weight is 294 g/mol. The smallest absolute Gasteiger partial charge is 0.232 e. The third kappa shape index (κ3) is 2.72. The topological polar surface area (TPSA) is 64.9 Å². The Kier molecular flexibility index (Phi) is 4.45. The van der Waals surface area contributed by atoms with Crippen LogP contribution in [0.2, 0.25) is 0 Å². The highest BCUT2D eigenvalue weighted by atomic mass is 35.5. The van der Waals surface area contributed by atoms with E-state index in [1.807, 2.05) is 24.3 Å². The second-order valence-electron chi connectivity index (χ2n) is 5.59. The Balaban J connectivity index is 0.00000147. The molecule has 1 heterocycles. The monoisotopic (exact) mass is 293 g/mol. The van der Waals surface area contributed by atoms with Gasteiger partial charge in [-0.25, -0.2) is 0 Å². The van der Waals surface area contributed by atoms with Gasteiger partial charge in [0.2, 0.25) is 11.7 Å². The molecule has 0 amide bonds. The maximum atomic E-state index is 5.59. The minimum Gasteiger partial charge on any atom is -0.338 e. The molecule has 5 heteroatoms. The number of hydrogen-bond acceptors (Lipinski definition) is 4. The van der Waals surface area contributed by atoms with Gasteiger partial charge in [-0.05, 0) is 18.4 Å². The summed E-state index contributed by atoms with van der Waals surface area (Å²) in [6.45, 7) is 2.77. The minimum absolute atomic E-state index is 0. The summed E-state index contributed by atoms with van der Waals surface area (Å²) in [6.07, 6.45) is 4.78. The van der Waals surface area contributed by atoms with E-state index >= 15 is 0 Å². The molecule has 3 rings (SSSR count). The lowest BCUT2D eigenvalue weighted by atomic mass is 9.89. The van der Waals surface area contributed by atoms with Crippen molar-refractivity contribution >= 4 is 12.4 Å². The van der Waals surface area contributed by atoms with Crippen molar-refractivity contribution < 1.29 is 4.52 Å². The molecule has 108 valence electrons. The molecule has 0 bridgehead atoms. The van der Waals surface area contributed by atoms with Crippen LogP contribution in [-0.2, 0) is 12.0 Å². The number of nitrogens with two attached hydrogens (primary N) is 1. The highest BCUT2D eigenvalue weighted by Crippen LogP contribution is 2.40. The van der Waals surface area contributed by atoms with Crippen molar-refractivity contribution in [1.82, 2.24) is 10.1 Å². The van der Waals surface area contributed by atoms with Gasteiger partial charge in [0.1, 0.15) is 0 Å². The van der Waals surface area contributed by atoms with E-state index in [1.165, 1.54) is 12.8 Å². The van der Waals surface area contributed by atoms with Gasteiger partial charge in [0.25, 0.3) is 0 Å². The minimum atomic E-state index is 0. The van der Waals surface area contributed by atoms with E-state index in [-0.39, 0.29) is 17.8 Å². The predicted octanol–water partition coefficient (Wildman–Crippen LogP) is 3.45. The Bertz CT molecular complexity index is 559. The van der Waals surface area contributed by atoms with Crippen molar-refractivity contribution in [1.29, 1.82) is 0 Å². The third-order valence-electron chi connectivity index (χ3n) is 4.10. The number of aromatic nitrogens is 2. The molecule has 20 heavy (non-hydrogen) atoms. The summed E-state index contributed by atoms with van der Waals surface area (Å²) in [5.74, 6) is 1.45. The van der Waals surface area contributed by atoms with Crippen molar-refractivity contribution in [3.63, 3.8) is 0 Å². The fraction of sp³-hybridized carbons (Fsp3) is 0.467. The summed E-state index contributed by atoms with van der Waals surface area (Å²) in [5.41, 5.74) is 7.75. The molecule has 1 aliphatic carbocycles. The first-order valence-electron chi connectivity index (χ1n) is 6.85. The summed E-state index contributed by atoms with van der Waals surface area (Å²) in [5, 5.41) is 4.11. The van der Waals surface area contributed by atoms with E-state index in [4.69, 9.17) is 10.3 Å². The average Bonchev–Trinajstić information content (AvgIpc) is 3.08. The zero-order valence-electron chi connectivity index (χ0n) is 11.6. The molecule has 0 aliphatic heterocycles. The molecule has 0 radical (unpaired) electrons. The Morgan fingerprint density at radius 2 is 1.85 bits per heavy atom. The second kappa shape index (κ2) is 5.94. The molecule has 1 aliphatic rings. The van der Waals surface area contributed by atoms with E-state index in [2.05, 4.69) is 17.1 Å². The first kappa shape index (κ1) is 15.0. The molecular weight excluding hydrogens is 274 g/mol. The first-order chi connectivity index (χ1) is 9.21. The Morgan fingerprint density at radius 1 is 1.20 bits per heavy atom. The lowest BCUT2D eigenvalue weighted by molar-refractivity contribution is 0.296. The lowest BCUT2D eigenvalue weighted by Gasteiger charge is -2.16. The van der Waals surface area contributed by atoms with Crippen LogP contribution in [0.5, 0.6) is 0 Å². The van der Waals surface area contributed by atoms with Crippen LogP contribution >= 0.6 is 12.4 Å². The number of nitrogens with zero attached hydrogens (tertiary/aromatic N) is 2. The molecule has 0 atom stereocenters. The van der Waals surface area contributed by atoms with E-state index in [9.17, 15) is 0 Å². The number of halogens is 1. The summed E-state index contributed by atoms with van der Waals surface area (Å²) in [6, 6.07) is 7.99. The third-order valence-corrected chi connectivity index (χ3v) is 4.10. The van der Waals surface area contributed by atoms with Gasteiger partial charge >= 0.3 is 0 Å². The van der Waals surface area contributed by atoms with Gasteiger partial charge < -0.3 is 10.3 Å². The maximum Gasteiger partial charge on any atom is 0.232 e. The summed E-state index contributed by atoms with van der Waals surface area (Å²) in [4.78, 5) is 4.58. The lowest BCUT2D eigenvalue weighted by Crippen LogP contribution is -2.17. The number of rotatable bonds is 3. The molecule has 1 fully saturated rings. The van der Waals surface area contributed by atoms with Crippen LogP contribution in [0.15, 0.2) is 28.8 Å². The molecule has 1 aromatic carbocycles. The van der Waals surface area contributed by atoms with Gasteiger partial charge in [-0.2, -0.15) is 4.98 Å². The van der Waals surface area contributed by atoms with Crippen LogP contribution in [0.4, 0.5) is 0 Å². The van der Waals surface area contributed by atoms with Crippen LogP contribution in [0.25, 0.3) is 11.4 Å². The summed E-state index contributed by atoms with van der Waals surface area (Å²) >= 11 is 0. The van der Waals surface area contributed by atoms with E-state index in [0.717, 1.165) is 29.9 Å². The van der Waals surface area contributed by atoms with Crippen LogP contribution in [0.1, 0.15) is 44.1 Å². The zero-order valence-corrected chi connectivity index (χ0v) is 12.4. The first-order valence-corrected chi connectivity index (χ1v) is 6.85. The highest BCUT2D eigenvalue weighted by Gasteiger charge is 2.36. The van der Waals surface area contributed by atoms with Gasteiger partial charge in [-0.1, -0.05) is 49.2 Å². The molecule has 0 spiro atoms. The van der Waals surface area contributed by atoms with Gasteiger partial charge in [-0.3, -0.25) is 0 Å². The fourth-order valence-electron chi connectivity index (χ4n) is 2.74. The van der Waals surface area contributed by atoms with Gasteiger partial charge in [0, 0.05) is 17.5 Å². The standard InChI is InChI=1S/C15H19N3O.ClH/c1-15(8-2-3-9-15)14-17-13(18-19-14)12-6-4-11(10-16)5-7-12;/h4-7H,2-3,8-10,16H2,1H3;1H. The summed E-state index contributed by atoms with van der Waals surface area (Å²) in [7, 11) is 0. The SMILES string of the molecule is CC1(c2nc(-c3ccc(CN)cc3)no2)CCCC1.Cl. The van der Waals surface area contributed by atoms with Crippen molar-refractivity contribution in [3.05, 3.63) is 35.7 Å². The van der Waals surface area contributed by atoms with Crippen molar-refractivity contribution in [3.8, 4) is 11.4 Å². The van der Waals surface area contributed by atoms with Crippen molar-refractivity contribution in [2.45, 2.75) is 44.6 Å². The van der Waals surface area contributed by atoms with E-state index in [1.54, 1.807) is 0 Å². The van der Waals surface area contributed by atoms with Crippen LogP contribution in [-0.4, -0.2) is 10.1 Å². The summed E-state index contributed by atoms with van der Waals surface area (Å²) < 4.78 is 5.48. The largest absolute Gasteiger partial charge is 0.338 e. The quantitative estimate of drug-likeness (QED) is 0.941. The molecule has 1 saturated carbocycles. The molecule has 2 aromatic rings. The van der Waals surface area contributed by atoms with Crippen LogP contribution in [0.3, 0.4) is 0 Å². The van der Waals surface area contributed by atoms with Gasteiger partial charge in [-0.15, -0.1) is 12.4 Å². The Morgan fingerprint density at radius 3 is 2.45 bits per heavy atom. The van der Waals surface area contributed by atoms with E-state index < -0.39 is 0 Å². The molecular formula is C15H20ClN3O. The Hall–Kier alpha value is -1.39. The molecule has 0 unspecified atom stereocenters. The maximum absolute atomic E-state index is 5.59. The van der Waals surface area contributed by atoms with Crippen LogP contribution < -0.4 is 5.73 Å².